The summed E-state index contributed by atoms with van der Waals surface area (Å²) < 4.78 is 30.1. The number of nitrogens with zero attached hydrogens (tertiary/aromatic N) is 2. The molecular formula is C29H21N2O8+. The molecule has 0 saturated carbocycles. The number of hydrogen-bond acceptors (Lipinski definition) is 8. The fourth-order valence-electron chi connectivity index (χ4n) is 5.61. The lowest BCUT2D eigenvalue weighted by Gasteiger charge is -2.18. The quantitative estimate of drug-likeness (QED) is 0.0799. The number of nitro benzene ring substituents is 1. The van der Waals surface area contributed by atoms with Crippen LogP contribution in [0.5, 0.6) is 28.7 Å². The van der Waals surface area contributed by atoms with Gasteiger partial charge in [-0.3, -0.25) is 10.1 Å². The SMILES string of the molecule is COc1ccc(C(=O)Oc2c(OC)ccc3c2c[n+]2c4c3ccc3c5c(cc(c34)CC2)OCO5)cc1[N+](=O)[O-]. The van der Waals surface area contributed by atoms with Gasteiger partial charge in [0.05, 0.1) is 40.9 Å². The van der Waals surface area contributed by atoms with Crippen LogP contribution in [0.15, 0.2) is 54.7 Å². The van der Waals surface area contributed by atoms with Gasteiger partial charge in [0.2, 0.25) is 12.3 Å². The van der Waals surface area contributed by atoms with E-state index in [-0.39, 0.29) is 29.5 Å². The van der Waals surface area contributed by atoms with E-state index < -0.39 is 10.9 Å². The fourth-order valence-corrected chi connectivity index (χ4v) is 5.61. The monoisotopic (exact) mass is 525 g/mol. The smallest absolute Gasteiger partial charge is 0.343 e. The molecule has 0 unspecified atom stereocenters. The second-order valence-electron chi connectivity index (χ2n) is 9.32. The highest BCUT2D eigenvalue weighted by Gasteiger charge is 2.30. The van der Waals surface area contributed by atoms with E-state index in [1.807, 2.05) is 24.4 Å². The third-order valence-corrected chi connectivity index (χ3v) is 7.36. The Hall–Kier alpha value is -5.12. The number of benzene rings is 4. The Morgan fingerprint density at radius 2 is 1.72 bits per heavy atom. The molecule has 10 nitrogen and oxygen atoms in total. The van der Waals surface area contributed by atoms with Crippen LogP contribution < -0.4 is 28.3 Å². The van der Waals surface area contributed by atoms with Crippen LogP contribution >= 0.6 is 0 Å². The van der Waals surface area contributed by atoms with Crippen LogP contribution in [-0.2, 0) is 13.0 Å². The average molecular weight is 525 g/mol. The van der Waals surface area contributed by atoms with Crippen molar-refractivity contribution in [3.05, 3.63) is 76.0 Å². The molecule has 2 aliphatic rings. The summed E-state index contributed by atoms with van der Waals surface area (Å²) in [6, 6.07) is 13.8. The Labute approximate surface area is 221 Å². The van der Waals surface area contributed by atoms with Crippen LogP contribution in [0.3, 0.4) is 0 Å². The van der Waals surface area contributed by atoms with Crippen molar-refractivity contribution < 1.29 is 38.0 Å². The molecule has 3 heterocycles. The van der Waals surface area contributed by atoms with E-state index in [4.69, 9.17) is 23.7 Å². The number of pyridine rings is 1. The number of carbonyl (C=O) groups excluding carboxylic acids is 1. The maximum atomic E-state index is 13.2. The van der Waals surface area contributed by atoms with E-state index in [9.17, 15) is 14.9 Å². The zero-order valence-corrected chi connectivity index (χ0v) is 21.0. The minimum atomic E-state index is -0.751. The van der Waals surface area contributed by atoms with E-state index >= 15 is 0 Å². The topological polar surface area (TPSA) is 110 Å². The standard InChI is InChI=1S/C29H21N2O8/c1-35-22-7-3-16(11-21(22)31(33)34)29(32)39-28-20-13-30-10-9-15-12-24-27(38-14-37-24)19-5-4-18(26(30)25(15)19)17(20)6-8-23(28)36-2/h3-8,11-13H,9-10,14H2,1-2H3/q+1. The molecule has 0 bridgehead atoms. The van der Waals surface area contributed by atoms with E-state index in [0.717, 1.165) is 51.0 Å². The van der Waals surface area contributed by atoms with Gasteiger partial charge in [-0.15, -0.1) is 0 Å². The van der Waals surface area contributed by atoms with Gasteiger partial charge in [-0.2, -0.15) is 4.57 Å². The van der Waals surface area contributed by atoms with Gasteiger partial charge in [0, 0.05) is 23.3 Å². The first-order valence-corrected chi connectivity index (χ1v) is 12.2. The molecule has 7 rings (SSSR count). The Morgan fingerprint density at radius 1 is 0.949 bits per heavy atom. The first kappa shape index (κ1) is 23.0. The second-order valence-corrected chi connectivity index (χ2v) is 9.32. The van der Waals surface area contributed by atoms with Gasteiger partial charge in [-0.25, -0.2) is 4.79 Å². The van der Waals surface area contributed by atoms with Crippen LogP contribution in [0, 0.1) is 10.1 Å². The van der Waals surface area contributed by atoms with Gasteiger partial charge in [0.15, 0.2) is 41.5 Å². The molecule has 5 aromatic rings. The van der Waals surface area contributed by atoms with Gasteiger partial charge < -0.3 is 23.7 Å². The van der Waals surface area contributed by atoms with Gasteiger partial charge in [0.25, 0.3) is 0 Å². The number of esters is 1. The number of rotatable bonds is 5. The molecule has 0 fully saturated rings. The highest BCUT2D eigenvalue weighted by atomic mass is 16.7. The molecule has 0 amide bonds. The van der Waals surface area contributed by atoms with E-state index in [1.54, 1.807) is 6.07 Å². The minimum Gasteiger partial charge on any atom is -0.493 e. The second kappa shape index (κ2) is 8.45. The maximum absolute atomic E-state index is 13.2. The first-order chi connectivity index (χ1) is 19.0. The molecule has 0 radical (unpaired) electrons. The molecule has 10 heteroatoms. The number of hydrogen-bond donors (Lipinski definition) is 0. The van der Waals surface area contributed by atoms with Crippen LogP contribution in [0.4, 0.5) is 5.69 Å². The van der Waals surface area contributed by atoms with Crippen molar-refractivity contribution in [1.82, 2.24) is 0 Å². The average Bonchev–Trinajstić information content (AvgIpc) is 3.44. The highest BCUT2D eigenvalue weighted by molar-refractivity contribution is 6.17. The molecule has 39 heavy (non-hydrogen) atoms. The lowest BCUT2D eigenvalue weighted by molar-refractivity contribution is -0.670. The molecule has 0 spiro atoms. The van der Waals surface area contributed by atoms with Crippen molar-refractivity contribution >= 4 is 44.1 Å². The molecule has 0 saturated heterocycles. The number of fused-ring (bicyclic) bond motifs is 4. The normalized spacial score (nSPS) is 13.3. The molecule has 1 aromatic heterocycles. The number of aryl methyl sites for hydroxylation is 2. The predicted octanol–water partition coefficient (Wildman–Crippen LogP) is 4.86. The highest BCUT2D eigenvalue weighted by Crippen LogP contribution is 2.46. The van der Waals surface area contributed by atoms with E-state index in [2.05, 4.69) is 10.6 Å². The molecule has 194 valence electrons. The fraction of sp³-hybridized carbons (Fsp3) is 0.172. The molecular weight excluding hydrogens is 504 g/mol. The Bertz CT molecular complexity index is 1900. The van der Waals surface area contributed by atoms with Crippen molar-refractivity contribution in [3.63, 3.8) is 0 Å². The lowest BCUT2D eigenvalue weighted by atomic mass is 9.93. The summed E-state index contributed by atoms with van der Waals surface area (Å²) in [6.07, 6.45) is 2.76. The minimum absolute atomic E-state index is 0.0167. The molecule has 2 aliphatic heterocycles. The maximum Gasteiger partial charge on any atom is 0.343 e. The first-order valence-electron chi connectivity index (χ1n) is 12.2. The number of ether oxygens (including phenoxy) is 5. The number of methoxy groups -OCH3 is 2. The molecule has 0 atom stereocenters. The van der Waals surface area contributed by atoms with Gasteiger partial charge in [-0.1, -0.05) is 0 Å². The van der Waals surface area contributed by atoms with Gasteiger partial charge in [0.1, 0.15) is 0 Å². The summed E-state index contributed by atoms with van der Waals surface area (Å²) in [5.74, 6) is 1.42. The summed E-state index contributed by atoms with van der Waals surface area (Å²) in [4.78, 5) is 24.1. The largest absolute Gasteiger partial charge is 0.493 e. The summed E-state index contributed by atoms with van der Waals surface area (Å²) in [5.41, 5.74) is 1.95. The van der Waals surface area contributed by atoms with Crippen LogP contribution in [0.1, 0.15) is 15.9 Å². The summed E-state index contributed by atoms with van der Waals surface area (Å²) in [7, 11) is 2.83. The zero-order chi connectivity index (χ0) is 26.8. The Balaban J connectivity index is 1.42. The third kappa shape index (κ3) is 3.34. The van der Waals surface area contributed by atoms with Crippen LogP contribution in [0.25, 0.3) is 32.4 Å². The van der Waals surface area contributed by atoms with Crippen molar-refractivity contribution in [3.8, 4) is 28.7 Å². The summed E-state index contributed by atoms with van der Waals surface area (Å²) in [6.45, 7) is 0.920. The molecule has 0 aliphatic carbocycles. The predicted molar refractivity (Wildman–Crippen MR) is 140 cm³/mol. The summed E-state index contributed by atoms with van der Waals surface area (Å²) in [5, 5.41) is 16.1. The molecule has 0 N–H and O–H groups in total. The molecule has 4 aromatic carbocycles. The van der Waals surface area contributed by atoms with E-state index in [1.165, 1.54) is 31.9 Å². The lowest BCUT2D eigenvalue weighted by Crippen LogP contribution is -2.38. The van der Waals surface area contributed by atoms with Crippen molar-refractivity contribution in [2.75, 3.05) is 21.0 Å². The van der Waals surface area contributed by atoms with E-state index in [0.29, 0.717) is 17.7 Å². The third-order valence-electron chi connectivity index (χ3n) is 7.36. The van der Waals surface area contributed by atoms with Crippen LogP contribution in [-0.4, -0.2) is 31.9 Å². The Kier molecular flexibility index (Phi) is 4.99. The van der Waals surface area contributed by atoms with Crippen LogP contribution in [0.2, 0.25) is 0 Å². The number of carbonyl (C=O) groups is 1. The van der Waals surface area contributed by atoms with Crippen molar-refractivity contribution in [2.24, 2.45) is 0 Å². The van der Waals surface area contributed by atoms with Gasteiger partial charge >= 0.3 is 11.7 Å². The van der Waals surface area contributed by atoms with Crippen molar-refractivity contribution in [2.45, 2.75) is 13.0 Å². The zero-order valence-electron chi connectivity index (χ0n) is 21.0. The summed E-state index contributed by atoms with van der Waals surface area (Å²) >= 11 is 0. The number of aromatic nitrogens is 1. The van der Waals surface area contributed by atoms with Gasteiger partial charge in [-0.05, 0) is 48.0 Å². The van der Waals surface area contributed by atoms with Crippen molar-refractivity contribution in [1.29, 1.82) is 0 Å². The Morgan fingerprint density at radius 3 is 2.51 bits per heavy atom. The number of nitro groups is 1.